The van der Waals surface area contributed by atoms with Gasteiger partial charge >= 0.3 is 0 Å². The lowest BCUT2D eigenvalue weighted by molar-refractivity contribution is 0.102. The van der Waals surface area contributed by atoms with E-state index >= 15 is 0 Å². The number of aryl methyl sites for hydroxylation is 1. The highest BCUT2D eigenvalue weighted by Gasteiger charge is 2.22. The summed E-state index contributed by atoms with van der Waals surface area (Å²) in [5.41, 5.74) is 4.45. The van der Waals surface area contributed by atoms with Crippen LogP contribution in [0.15, 0.2) is 66.1 Å². The Balaban J connectivity index is 1.65. The summed E-state index contributed by atoms with van der Waals surface area (Å²) in [4.78, 5) is 21.6. The number of amides is 1. The molecule has 2 aromatic carbocycles. The van der Waals surface area contributed by atoms with Crippen LogP contribution in [0.5, 0.6) is 0 Å². The average Bonchev–Trinajstić information content (AvgIpc) is 3.24. The summed E-state index contributed by atoms with van der Waals surface area (Å²) in [6.07, 6.45) is 3.36. The molecule has 1 amide bonds. The molecule has 0 spiro atoms. The quantitative estimate of drug-likeness (QED) is 0.271. The van der Waals surface area contributed by atoms with E-state index in [2.05, 4.69) is 39.4 Å². The molecule has 4 aromatic rings. The third-order valence-electron chi connectivity index (χ3n) is 5.09. The van der Waals surface area contributed by atoms with Crippen molar-refractivity contribution >= 4 is 35.0 Å². The predicted octanol–water partition coefficient (Wildman–Crippen LogP) is 5.69. The van der Waals surface area contributed by atoms with Crippen LogP contribution in [0, 0.1) is 6.92 Å². The van der Waals surface area contributed by atoms with Gasteiger partial charge in [-0.3, -0.25) is 4.79 Å². The first-order chi connectivity index (χ1) is 15.9. The third kappa shape index (κ3) is 5.40. The van der Waals surface area contributed by atoms with Crippen molar-refractivity contribution in [3.63, 3.8) is 0 Å². The van der Waals surface area contributed by atoms with Crippen LogP contribution in [0.4, 0.5) is 5.69 Å². The summed E-state index contributed by atoms with van der Waals surface area (Å²) in [6.45, 7) is 6.19. The van der Waals surface area contributed by atoms with Crippen LogP contribution >= 0.6 is 23.4 Å². The predicted molar refractivity (Wildman–Crippen MR) is 131 cm³/mol. The topological polar surface area (TPSA) is 85.6 Å². The molecule has 0 aliphatic heterocycles. The van der Waals surface area contributed by atoms with E-state index in [1.165, 1.54) is 17.3 Å². The van der Waals surface area contributed by atoms with Crippen LogP contribution in [0.25, 0.3) is 5.69 Å². The van der Waals surface area contributed by atoms with Gasteiger partial charge in [-0.05, 0) is 54.3 Å². The number of halogens is 1. The van der Waals surface area contributed by atoms with Gasteiger partial charge in [-0.15, -0.1) is 5.10 Å². The Morgan fingerprint density at radius 1 is 1.12 bits per heavy atom. The van der Waals surface area contributed by atoms with E-state index < -0.39 is 0 Å². The zero-order valence-corrected chi connectivity index (χ0v) is 20.1. The maximum absolute atomic E-state index is 13.1. The van der Waals surface area contributed by atoms with Crippen LogP contribution in [0.3, 0.4) is 0 Å². The van der Waals surface area contributed by atoms with Crippen molar-refractivity contribution in [3.05, 3.63) is 88.5 Å². The molecule has 2 aromatic heterocycles. The summed E-state index contributed by atoms with van der Waals surface area (Å²) in [7, 11) is 0. The summed E-state index contributed by atoms with van der Waals surface area (Å²) >= 11 is 7.74. The number of hydrogen-bond donors (Lipinski definition) is 1. The molecule has 4 rings (SSSR count). The second kappa shape index (κ2) is 10.1. The molecule has 0 bridgehead atoms. The molecule has 168 valence electrons. The molecule has 0 unspecified atom stereocenters. The van der Waals surface area contributed by atoms with Gasteiger partial charge < -0.3 is 5.32 Å². The third-order valence-corrected chi connectivity index (χ3v) is 6.39. The number of rotatable bonds is 7. The molecule has 0 atom stereocenters. The first kappa shape index (κ1) is 22.9. The smallest absolute Gasteiger partial charge is 0.278 e. The van der Waals surface area contributed by atoms with Gasteiger partial charge in [0.2, 0.25) is 0 Å². The fourth-order valence-electron chi connectivity index (χ4n) is 3.16. The van der Waals surface area contributed by atoms with E-state index in [9.17, 15) is 4.79 Å². The number of thioether (sulfide) groups is 1. The van der Waals surface area contributed by atoms with Crippen molar-refractivity contribution in [1.29, 1.82) is 0 Å². The number of nitrogens with one attached hydrogen (secondary N) is 1. The largest absolute Gasteiger partial charge is 0.321 e. The Bertz CT molecular complexity index is 1260. The number of nitrogens with zero attached hydrogens (tertiary/aromatic N) is 5. The van der Waals surface area contributed by atoms with Gasteiger partial charge in [0.15, 0.2) is 10.9 Å². The van der Waals surface area contributed by atoms with E-state index in [1.54, 1.807) is 23.1 Å². The van der Waals surface area contributed by atoms with E-state index in [4.69, 9.17) is 11.6 Å². The molecule has 0 saturated carbocycles. The van der Waals surface area contributed by atoms with Crippen molar-refractivity contribution in [1.82, 2.24) is 25.0 Å². The molecule has 0 aliphatic rings. The minimum absolute atomic E-state index is 0.239. The van der Waals surface area contributed by atoms with E-state index in [-0.39, 0.29) is 11.6 Å². The number of carbonyl (C=O) groups is 1. The minimum atomic E-state index is -0.332. The van der Waals surface area contributed by atoms with Crippen LogP contribution in [0.1, 0.15) is 47.1 Å². The van der Waals surface area contributed by atoms with Crippen molar-refractivity contribution in [2.75, 3.05) is 5.32 Å². The van der Waals surface area contributed by atoms with Crippen LogP contribution < -0.4 is 5.32 Å². The van der Waals surface area contributed by atoms with Gasteiger partial charge in [-0.1, -0.05) is 60.6 Å². The van der Waals surface area contributed by atoms with E-state index in [0.29, 0.717) is 33.2 Å². The lowest BCUT2D eigenvalue weighted by atomic mass is 10.0. The standard InChI is InChI=1S/C24H23ClN6OS/c1-15(2)17-6-8-18(9-7-17)28-23(32)22-21(14-33-24-26-11-4-12-27-24)31(30-29-22)19-10-5-16(3)20(25)13-19/h4-13,15H,14H2,1-3H3,(H,28,32). The Morgan fingerprint density at radius 2 is 1.85 bits per heavy atom. The fraction of sp³-hybridized carbons (Fsp3) is 0.208. The molecular formula is C24H23ClN6OS. The van der Waals surface area contributed by atoms with Crippen molar-refractivity contribution in [2.45, 2.75) is 37.6 Å². The highest BCUT2D eigenvalue weighted by Crippen LogP contribution is 2.26. The van der Waals surface area contributed by atoms with Crippen molar-refractivity contribution < 1.29 is 4.79 Å². The Kier molecular flexibility index (Phi) is 7.05. The SMILES string of the molecule is Cc1ccc(-n2nnc(C(=O)Nc3ccc(C(C)C)cc3)c2CSc2ncccn2)cc1Cl. The Morgan fingerprint density at radius 3 is 2.52 bits per heavy atom. The summed E-state index contributed by atoms with van der Waals surface area (Å²) < 4.78 is 1.64. The highest BCUT2D eigenvalue weighted by atomic mass is 35.5. The normalized spacial score (nSPS) is 11.1. The minimum Gasteiger partial charge on any atom is -0.321 e. The van der Waals surface area contributed by atoms with Crippen LogP contribution in [0.2, 0.25) is 5.02 Å². The lowest BCUT2D eigenvalue weighted by Crippen LogP contribution is -2.15. The van der Waals surface area contributed by atoms with E-state index in [0.717, 1.165) is 11.3 Å². The molecule has 7 nitrogen and oxygen atoms in total. The Hall–Kier alpha value is -3.23. The molecule has 0 aliphatic carbocycles. The number of hydrogen-bond acceptors (Lipinski definition) is 6. The Labute approximate surface area is 201 Å². The van der Waals surface area contributed by atoms with Gasteiger partial charge in [0.1, 0.15) is 0 Å². The molecular weight excluding hydrogens is 456 g/mol. The second-order valence-electron chi connectivity index (χ2n) is 7.78. The van der Waals surface area contributed by atoms with Gasteiger partial charge in [-0.2, -0.15) is 0 Å². The fourth-order valence-corrected chi connectivity index (χ4v) is 4.13. The maximum Gasteiger partial charge on any atom is 0.278 e. The maximum atomic E-state index is 13.1. The van der Waals surface area contributed by atoms with Crippen molar-refractivity contribution in [2.24, 2.45) is 0 Å². The zero-order chi connectivity index (χ0) is 23.4. The number of anilines is 1. The zero-order valence-electron chi connectivity index (χ0n) is 18.5. The molecule has 33 heavy (non-hydrogen) atoms. The lowest BCUT2D eigenvalue weighted by Gasteiger charge is -2.10. The molecule has 2 heterocycles. The summed E-state index contributed by atoms with van der Waals surface area (Å²) in [5.74, 6) is 0.485. The van der Waals surface area contributed by atoms with E-state index in [1.807, 2.05) is 49.4 Å². The highest BCUT2D eigenvalue weighted by molar-refractivity contribution is 7.98. The van der Waals surface area contributed by atoms with Gasteiger partial charge in [0.25, 0.3) is 5.91 Å². The van der Waals surface area contributed by atoms with Crippen LogP contribution in [-0.2, 0) is 5.75 Å². The second-order valence-corrected chi connectivity index (χ2v) is 9.13. The molecule has 0 saturated heterocycles. The molecule has 1 N–H and O–H groups in total. The molecule has 0 fully saturated rings. The van der Waals surface area contributed by atoms with Gasteiger partial charge in [0.05, 0.1) is 11.4 Å². The first-order valence-corrected chi connectivity index (χ1v) is 11.8. The number of aromatic nitrogens is 5. The van der Waals surface area contributed by atoms with Gasteiger partial charge in [0, 0.05) is 28.9 Å². The van der Waals surface area contributed by atoms with Gasteiger partial charge in [-0.25, -0.2) is 14.6 Å². The molecule has 9 heteroatoms. The number of carbonyl (C=O) groups excluding carboxylic acids is 1. The molecule has 0 radical (unpaired) electrons. The first-order valence-electron chi connectivity index (χ1n) is 10.4. The average molecular weight is 479 g/mol. The number of benzene rings is 2. The summed E-state index contributed by atoms with van der Waals surface area (Å²) in [6, 6.07) is 15.2. The van der Waals surface area contributed by atoms with Crippen LogP contribution in [-0.4, -0.2) is 30.9 Å². The summed E-state index contributed by atoms with van der Waals surface area (Å²) in [5, 5.41) is 12.6. The monoisotopic (exact) mass is 478 g/mol. The van der Waals surface area contributed by atoms with Crippen molar-refractivity contribution in [3.8, 4) is 5.69 Å².